The molecule has 0 N–H and O–H groups in total. The maximum Gasteiger partial charge on any atom is 0.260 e. The molecule has 0 atom stereocenters. The maximum absolute atomic E-state index is 12.2. The number of hydrogen-bond donors (Lipinski definition) is 0. The number of carbonyl (C=O) groups excluding carboxylic acids is 1. The Labute approximate surface area is 158 Å². The molecule has 1 aromatic carbocycles. The van der Waals surface area contributed by atoms with Crippen molar-refractivity contribution in [2.45, 2.75) is 19.8 Å². The third-order valence-corrected chi connectivity index (χ3v) is 6.47. The maximum atomic E-state index is 12.2. The number of rotatable bonds is 7. The van der Waals surface area contributed by atoms with Gasteiger partial charge in [-0.15, -0.1) is 0 Å². The van der Waals surface area contributed by atoms with Crippen LogP contribution in [-0.4, -0.2) is 62.1 Å². The number of hydrogen-bond acceptors (Lipinski definition) is 4. The number of benzene rings is 1. The average Bonchev–Trinajstić information content (AvgIpc) is 2.59. The lowest BCUT2D eigenvalue weighted by Crippen LogP contribution is -2.52. The molecule has 140 valence electrons. The van der Waals surface area contributed by atoms with Gasteiger partial charge >= 0.3 is 0 Å². The summed E-state index contributed by atoms with van der Waals surface area (Å²) in [7, 11) is -3.23. The molecule has 0 radical (unpaired) electrons. The molecule has 0 saturated carbocycles. The van der Waals surface area contributed by atoms with Crippen LogP contribution in [0, 0.1) is 0 Å². The second-order valence-electron chi connectivity index (χ2n) is 5.81. The quantitative estimate of drug-likeness (QED) is 0.695. The number of piperazine rings is 1. The van der Waals surface area contributed by atoms with Crippen molar-refractivity contribution in [2.75, 3.05) is 38.5 Å². The van der Waals surface area contributed by atoms with E-state index in [1.165, 1.54) is 4.31 Å². The molecule has 25 heavy (non-hydrogen) atoms. The molecule has 2 rings (SSSR count). The van der Waals surface area contributed by atoms with Gasteiger partial charge in [-0.2, -0.15) is 4.31 Å². The van der Waals surface area contributed by atoms with Crippen molar-refractivity contribution in [3.63, 3.8) is 0 Å². The minimum atomic E-state index is -3.23. The zero-order chi connectivity index (χ0) is 18.4. The van der Waals surface area contributed by atoms with Gasteiger partial charge in [0.25, 0.3) is 5.91 Å². The molecule has 6 nitrogen and oxygen atoms in total. The highest BCUT2D eigenvalue weighted by molar-refractivity contribution is 7.89. The van der Waals surface area contributed by atoms with E-state index in [2.05, 4.69) is 0 Å². The van der Waals surface area contributed by atoms with Crippen LogP contribution in [0.1, 0.15) is 19.8 Å². The fraction of sp³-hybridized carbons (Fsp3) is 0.562. The smallest absolute Gasteiger partial charge is 0.260 e. The molecule has 0 aromatic heterocycles. The first-order valence-corrected chi connectivity index (χ1v) is 10.5. The number of sulfonamides is 1. The van der Waals surface area contributed by atoms with Gasteiger partial charge < -0.3 is 9.64 Å². The standard InChI is InChI=1S/C16H22Cl2N2O4S/c1-2-3-10-25(22,23)20-8-6-19(7-9-20)16(21)12-24-15-5-4-13(17)11-14(15)18/h4-5,11H,2-3,6-10,12H2,1H3. The third-order valence-electron chi connectivity index (χ3n) is 3.99. The summed E-state index contributed by atoms with van der Waals surface area (Å²) in [5.41, 5.74) is 0. The van der Waals surface area contributed by atoms with E-state index in [-0.39, 0.29) is 18.3 Å². The second kappa shape index (κ2) is 9.07. The van der Waals surface area contributed by atoms with Gasteiger partial charge in [-0.3, -0.25) is 4.79 Å². The minimum Gasteiger partial charge on any atom is -0.482 e. The topological polar surface area (TPSA) is 66.9 Å². The summed E-state index contributed by atoms with van der Waals surface area (Å²) in [5.74, 6) is 0.354. The zero-order valence-corrected chi connectivity index (χ0v) is 16.4. The van der Waals surface area contributed by atoms with Crippen LogP contribution in [0.25, 0.3) is 0 Å². The number of unbranched alkanes of at least 4 members (excludes halogenated alkanes) is 1. The van der Waals surface area contributed by atoms with Crippen molar-refractivity contribution < 1.29 is 17.9 Å². The summed E-state index contributed by atoms with van der Waals surface area (Å²) in [6, 6.07) is 4.78. The third kappa shape index (κ3) is 5.74. The fourth-order valence-electron chi connectivity index (χ4n) is 2.49. The first-order chi connectivity index (χ1) is 11.8. The summed E-state index contributed by atoms with van der Waals surface area (Å²) >= 11 is 11.8. The monoisotopic (exact) mass is 408 g/mol. The number of carbonyl (C=O) groups is 1. The summed E-state index contributed by atoms with van der Waals surface area (Å²) in [5, 5.41) is 0.830. The van der Waals surface area contributed by atoms with Crippen LogP contribution in [-0.2, 0) is 14.8 Å². The van der Waals surface area contributed by atoms with E-state index in [4.69, 9.17) is 27.9 Å². The summed E-state index contributed by atoms with van der Waals surface area (Å²) < 4.78 is 31.2. The van der Waals surface area contributed by atoms with Gasteiger partial charge in [0.1, 0.15) is 5.75 Å². The Morgan fingerprint density at radius 3 is 2.48 bits per heavy atom. The van der Waals surface area contributed by atoms with Crippen molar-refractivity contribution in [1.29, 1.82) is 0 Å². The highest BCUT2D eigenvalue weighted by Gasteiger charge is 2.28. The van der Waals surface area contributed by atoms with Crippen molar-refractivity contribution in [1.82, 2.24) is 9.21 Å². The molecular weight excluding hydrogens is 387 g/mol. The number of ether oxygens (including phenoxy) is 1. The van der Waals surface area contributed by atoms with Crippen molar-refractivity contribution in [2.24, 2.45) is 0 Å². The molecule has 0 aliphatic carbocycles. The van der Waals surface area contributed by atoms with Crippen molar-refractivity contribution in [3.05, 3.63) is 28.2 Å². The molecule has 9 heteroatoms. The molecule has 0 unspecified atom stereocenters. The van der Waals surface area contributed by atoms with Crippen LogP contribution in [0.15, 0.2) is 18.2 Å². The van der Waals surface area contributed by atoms with Crippen LogP contribution in [0.4, 0.5) is 0 Å². The number of halogens is 2. The van der Waals surface area contributed by atoms with Gasteiger partial charge in [0.2, 0.25) is 10.0 Å². The van der Waals surface area contributed by atoms with E-state index < -0.39 is 10.0 Å². The Hall–Kier alpha value is -1.02. The van der Waals surface area contributed by atoms with Crippen LogP contribution < -0.4 is 4.74 Å². The van der Waals surface area contributed by atoms with Crippen LogP contribution in [0.2, 0.25) is 10.0 Å². The lowest BCUT2D eigenvalue weighted by molar-refractivity contribution is -0.134. The summed E-state index contributed by atoms with van der Waals surface area (Å²) in [6.45, 7) is 3.17. The average molecular weight is 409 g/mol. The second-order valence-corrected chi connectivity index (χ2v) is 8.74. The van der Waals surface area contributed by atoms with Crippen LogP contribution >= 0.6 is 23.2 Å². The Morgan fingerprint density at radius 1 is 1.20 bits per heavy atom. The van der Waals surface area contributed by atoms with Crippen molar-refractivity contribution in [3.8, 4) is 5.75 Å². The van der Waals surface area contributed by atoms with Gasteiger partial charge in [0.05, 0.1) is 10.8 Å². The number of amides is 1. The molecule has 1 aliphatic rings. The molecule has 1 heterocycles. The lowest BCUT2D eigenvalue weighted by atomic mass is 10.3. The first kappa shape index (κ1) is 20.3. The Morgan fingerprint density at radius 2 is 1.88 bits per heavy atom. The molecule has 1 saturated heterocycles. The van der Waals surface area contributed by atoms with Gasteiger partial charge in [-0.1, -0.05) is 36.5 Å². The van der Waals surface area contributed by atoms with Gasteiger partial charge in [0, 0.05) is 31.2 Å². The molecule has 0 bridgehead atoms. The van der Waals surface area contributed by atoms with E-state index in [9.17, 15) is 13.2 Å². The Bertz CT molecular complexity index is 704. The molecule has 1 fully saturated rings. The Balaban J connectivity index is 1.83. The van der Waals surface area contributed by atoms with Gasteiger partial charge in [-0.05, 0) is 24.6 Å². The van der Waals surface area contributed by atoms with E-state index >= 15 is 0 Å². The van der Waals surface area contributed by atoms with Gasteiger partial charge in [0.15, 0.2) is 6.61 Å². The Kier molecular flexibility index (Phi) is 7.37. The minimum absolute atomic E-state index is 0.149. The molecule has 1 amide bonds. The number of nitrogens with zero attached hydrogens (tertiary/aromatic N) is 2. The summed E-state index contributed by atoms with van der Waals surface area (Å²) in [4.78, 5) is 13.8. The molecule has 1 aromatic rings. The first-order valence-electron chi connectivity index (χ1n) is 8.17. The molecule has 1 aliphatic heterocycles. The van der Waals surface area contributed by atoms with E-state index in [1.54, 1.807) is 23.1 Å². The predicted molar refractivity (Wildman–Crippen MR) is 98.8 cm³/mol. The van der Waals surface area contributed by atoms with Crippen LogP contribution in [0.5, 0.6) is 5.75 Å². The largest absolute Gasteiger partial charge is 0.482 e. The van der Waals surface area contributed by atoms with E-state index in [0.29, 0.717) is 48.4 Å². The lowest BCUT2D eigenvalue weighted by Gasteiger charge is -2.34. The fourth-order valence-corrected chi connectivity index (χ4v) is 4.59. The molecule has 0 spiro atoms. The van der Waals surface area contributed by atoms with Crippen LogP contribution in [0.3, 0.4) is 0 Å². The van der Waals surface area contributed by atoms with Gasteiger partial charge in [-0.25, -0.2) is 8.42 Å². The zero-order valence-electron chi connectivity index (χ0n) is 14.1. The highest BCUT2D eigenvalue weighted by Crippen LogP contribution is 2.27. The molecular formula is C16H22Cl2N2O4S. The normalized spacial score (nSPS) is 16.0. The summed E-state index contributed by atoms with van der Waals surface area (Å²) in [6.07, 6.45) is 1.49. The van der Waals surface area contributed by atoms with E-state index in [1.807, 2.05) is 6.92 Å². The predicted octanol–water partition coefficient (Wildman–Crippen LogP) is 2.65. The van der Waals surface area contributed by atoms with Crippen molar-refractivity contribution >= 4 is 39.1 Å². The SMILES string of the molecule is CCCCS(=O)(=O)N1CCN(C(=O)COc2ccc(Cl)cc2Cl)CC1. The highest BCUT2D eigenvalue weighted by atomic mass is 35.5. The van der Waals surface area contributed by atoms with E-state index in [0.717, 1.165) is 6.42 Å².